The number of benzene rings is 2. The second-order valence-electron chi connectivity index (χ2n) is 6.68. The van der Waals surface area contributed by atoms with Crippen LogP contribution in [0.3, 0.4) is 0 Å². The van der Waals surface area contributed by atoms with E-state index in [1.165, 1.54) is 4.90 Å². The molecule has 0 saturated carbocycles. The quantitative estimate of drug-likeness (QED) is 0.830. The highest BCUT2D eigenvalue weighted by Gasteiger charge is 2.32. The van der Waals surface area contributed by atoms with Crippen molar-refractivity contribution < 1.29 is 28.9 Å². The molecule has 2 amide bonds. The molecule has 28 heavy (non-hydrogen) atoms. The number of hydrogen-bond acceptors (Lipinski definition) is 6. The Kier molecular flexibility index (Phi) is 4.89. The smallest absolute Gasteiger partial charge is 0.255 e. The molecular formula is C20H20N2O6. The highest BCUT2D eigenvalue weighted by Crippen LogP contribution is 2.32. The van der Waals surface area contributed by atoms with E-state index in [-0.39, 0.29) is 31.8 Å². The fraction of sp³-hybridized carbons (Fsp3) is 0.300. The first-order chi connectivity index (χ1) is 13.5. The van der Waals surface area contributed by atoms with Crippen molar-refractivity contribution in [2.45, 2.75) is 12.1 Å². The van der Waals surface area contributed by atoms with Crippen molar-refractivity contribution in [3.8, 4) is 11.5 Å². The number of amides is 2. The second-order valence-corrected chi connectivity index (χ2v) is 6.68. The number of aliphatic hydroxyl groups is 1. The van der Waals surface area contributed by atoms with E-state index in [4.69, 9.17) is 14.2 Å². The molecule has 0 aliphatic carbocycles. The Morgan fingerprint density at radius 1 is 1.18 bits per heavy atom. The van der Waals surface area contributed by atoms with Crippen molar-refractivity contribution >= 4 is 17.5 Å². The Morgan fingerprint density at radius 3 is 2.71 bits per heavy atom. The molecule has 2 aliphatic rings. The van der Waals surface area contributed by atoms with Crippen LogP contribution in [0, 0.1) is 0 Å². The molecule has 1 saturated heterocycles. The van der Waals surface area contributed by atoms with E-state index in [1.807, 2.05) is 0 Å². The number of morpholine rings is 1. The number of rotatable bonds is 4. The number of ether oxygens (including phenoxy) is 3. The van der Waals surface area contributed by atoms with Crippen LogP contribution in [-0.2, 0) is 9.53 Å². The van der Waals surface area contributed by atoms with E-state index in [2.05, 4.69) is 5.32 Å². The normalized spacial score (nSPS) is 19.4. The van der Waals surface area contributed by atoms with Crippen LogP contribution in [0.2, 0.25) is 0 Å². The maximum absolute atomic E-state index is 12.4. The van der Waals surface area contributed by atoms with Gasteiger partial charge in [0.2, 0.25) is 12.7 Å². The van der Waals surface area contributed by atoms with Crippen LogP contribution >= 0.6 is 0 Å². The SMILES string of the molecule is CN1C(=O)COC[C@@H]1[C@H](O)c1ccc(NC(=O)c2ccc3c(c2)OCO3)cc1. The zero-order valence-electron chi connectivity index (χ0n) is 15.3. The van der Waals surface area contributed by atoms with Crippen molar-refractivity contribution in [1.29, 1.82) is 0 Å². The molecule has 0 aromatic heterocycles. The highest BCUT2D eigenvalue weighted by molar-refractivity contribution is 6.04. The fourth-order valence-corrected chi connectivity index (χ4v) is 3.20. The van der Waals surface area contributed by atoms with E-state index in [0.29, 0.717) is 28.3 Å². The van der Waals surface area contributed by atoms with Gasteiger partial charge in [-0.05, 0) is 35.9 Å². The molecule has 8 nitrogen and oxygen atoms in total. The molecule has 2 atom stereocenters. The molecule has 2 N–H and O–H groups in total. The lowest BCUT2D eigenvalue weighted by atomic mass is 10.0. The molecule has 8 heteroatoms. The standard InChI is InChI=1S/C20H20N2O6/c1-22-15(9-26-10-18(22)23)19(24)12-2-5-14(6-3-12)21-20(25)13-4-7-16-17(8-13)28-11-27-16/h2-8,15,19,24H,9-11H2,1H3,(H,21,25)/t15-,19-/m1/s1. The minimum Gasteiger partial charge on any atom is -0.454 e. The van der Waals surface area contributed by atoms with Crippen LogP contribution in [0.5, 0.6) is 11.5 Å². The molecule has 4 rings (SSSR count). The average molecular weight is 384 g/mol. The zero-order valence-corrected chi connectivity index (χ0v) is 15.3. The number of likely N-dealkylation sites (N-methyl/N-ethyl adjacent to an activating group) is 1. The summed E-state index contributed by atoms with van der Waals surface area (Å²) in [6.07, 6.45) is -0.882. The number of nitrogens with zero attached hydrogens (tertiary/aromatic N) is 1. The maximum atomic E-state index is 12.4. The largest absolute Gasteiger partial charge is 0.454 e. The monoisotopic (exact) mass is 384 g/mol. The lowest BCUT2D eigenvalue weighted by molar-refractivity contribution is -0.151. The summed E-state index contributed by atoms with van der Waals surface area (Å²) in [6.45, 7) is 0.452. The van der Waals surface area contributed by atoms with Crippen molar-refractivity contribution in [1.82, 2.24) is 4.90 Å². The van der Waals surface area contributed by atoms with E-state index >= 15 is 0 Å². The Bertz CT molecular complexity index is 898. The molecule has 0 radical (unpaired) electrons. The lowest BCUT2D eigenvalue weighted by Gasteiger charge is -2.35. The van der Waals surface area contributed by atoms with Crippen LogP contribution in [0.15, 0.2) is 42.5 Å². The number of carbonyl (C=O) groups is 2. The first-order valence-electron chi connectivity index (χ1n) is 8.85. The van der Waals surface area contributed by atoms with Gasteiger partial charge in [0, 0.05) is 18.3 Å². The van der Waals surface area contributed by atoms with Gasteiger partial charge in [0.05, 0.1) is 12.6 Å². The van der Waals surface area contributed by atoms with Crippen molar-refractivity contribution in [3.05, 3.63) is 53.6 Å². The van der Waals surface area contributed by atoms with Crippen LogP contribution in [0.1, 0.15) is 22.0 Å². The molecule has 0 unspecified atom stereocenters. The summed E-state index contributed by atoms with van der Waals surface area (Å²) in [5, 5.41) is 13.4. The number of fused-ring (bicyclic) bond motifs is 1. The Balaban J connectivity index is 1.43. The van der Waals surface area contributed by atoms with Gasteiger partial charge in [-0.15, -0.1) is 0 Å². The Hall–Kier alpha value is -3.10. The van der Waals surface area contributed by atoms with Crippen molar-refractivity contribution in [2.75, 3.05) is 32.4 Å². The molecule has 146 valence electrons. The van der Waals surface area contributed by atoms with E-state index in [9.17, 15) is 14.7 Å². The van der Waals surface area contributed by atoms with Crippen LogP contribution < -0.4 is 14.8 Å². The summed E-state index contributed by atoms with van der Waals surface area (Å²) in [4.78, 5) is 25.7. The molecule has 2 aromatic rings. The summed E-state index contributed by atoms with van der Waals surface area (Å²) < 4.78 is 15.8. The van der Waals surface area contributed by atoms with Crippen molar-refractivity contribution in [3.63, 3.8) is 0 Å². The third kappa shape index (κ3) is 3.51. The molecular weight excluding hydrogens is 364 g/mol. The van der Waals surface area contributed by atoms with E-state index in [0.717, 1.165) is 0 Å². The van der Waals surface area contributed by atoms with Gasteiger partial charge in [-0.1, -0.05) is 12.1 Å². The minimum atomic E-state index is -0.882. The van der Waals surface area contributed by atoms with Gasteiger partial charge in [-0.2, -0.15) is 0 Å². The molecule has 2 heterocycles. The number of anilines is 1. The lowest BCUT2D eigenvalue weighted by Crippen LogP contribution is -2.49. The predicted molar refractivity (Wildman–Crippen MR) is 99.3 cm³/mol. The van der Waals surface area contributed by atoms with Gasteiger partial charge in [-0.3, -0.25) is 9.59 Å². The second kappa shape index (κ2) is 7.49. The molecule has 1 fully saturated rings. The topological polar surface area (TPSA) is 97.3 Å². The van der Waals surface area contributed by atoms with E-state index < -0.39 is 12.1 Å². The number of aliphatic hydroxyl groups excluding tert-OH is 1. The summed E-state index contributed by atoms with van der Waals surface area (Å²) in [7, 11) is 1.65. The minimum absolute atomic E-state index is 0.0323. The van der Waals surface area contributed by atoms with Gasteiger partial charge in [-0.25, -0.2) is 0 Å². The molecule has 2 aromatic carbocycles. The summed E-state index contributed by atoms with van der Waals surface area (Å²) in [5.41, 5.74) is 1.67. The maximum Gasteiger partial charge on any atom is 0.255 e. The first-order valence-corrected chi connectivity index (χ1v) is 8.85. The van der Waals surface area contributed by atoms with Gasteiger partial charge >= 0.3 is 0 Å². The number of hydrogen-bond donors (Lipinski definition) is 2. The van der Waals surface area contributed by atoms with Crippen LogP contribution in [0.25, 0.3) is 0 Å². The van der Waals surface area contributed by atoms with Gasteiger partial charge < -0.3 is 29.5 Å². The third-order valence-corrected chi connectivity index (χ3v) is 4.91. The van der Waals surface area contributed by atoms with E-state index in [1.54, 1.807) is 49.5 Å². The molecule has 2 aliphatic heterocycles. The van der Waals surface area contributed by atoms with Crippen molar-refractivity contribution in [2.24, 2.45) is 0 Å². The Labute approximate surface area is 161 Å². The first kappa shape index (κ1) is 18.3. The number of carbonyl (C=O) groups excluding carboxylic acids is 2. The van der Waals surface area contributed by atoms with Crippen LogP contribution in [0.4, 0.5) is 5.69 Å². The third-order valence-electron chi connectivity index (χ3n) is 4.91. The average Bonchev–Trinajstić information content (AvgIpc) is 3.18. The number of nitrogens with one attached hydrogen (secondary N) is 1. The van der Waals surface area contributed by atoms with Gasteiger partial charge in [0.25, 0.3) is 5.91 Å². The fourth-order valence-electron chi connectivity index (χ4n) is 3.20. The summed E-state index contributed by atoms with van der Waals surface area (Å²) in [5.74, 6) is 0.713. The highest BCUT2D eigenvalue weighted by atomic mass is 16.7. The zero-order chi connectivity index (χ0) is 19.7. The molecule has 0 spiro atoms. The van der Waals surface area contributed by atoms with Crippen LogP contribution in [-0.4, -0.2) is 54.9 Å². The Morgan fingerprint density at radius 2 is 1.93 bits per heavy atom. The molecule has 0 bridgehead atoms. The summed E-state index contributed by atoms with van der Waals surface area (Å²) >= 11 is 0. The van der Waals surface area contributed by atoms with Gasteiger partial charge in [0.1, 0.15) is 12.7 Å². The van der Waals surface area contributed by atoms with Gasteiger partial charge in [0.15, 0.2) is 11.5 Å². The summed E-state index contributed by atoms with van der Waals surface area (Å²) in [6, 6.07) is 11.4. The predicted octanol–water partition coefficient (Wildman–Crippen LogP) is 1.56.